The quantitative estimate of drug-likeness (QED) is 0.772. The molecule has 21 heavy (non-hydrogen) atoms. The van der Waals surface area contributed by atoms with Gasteiger partial charge >= 0.3 is 5.97 Å². The summed E-state index contributed by atoms with van der Waals surface area (Å²) in [4.78, 5) is 25.4. The number of carboxylic acid groups (broad SMARTS) is 1. The molecule has 0 radical (unpaired) electrons. The largest absolute Gasteiger partial charge is 0.508 e. The number of amides is 1. The molecule has 1 amide bonds. The van der Waals surface area contributed by atoms with E-state index in [1.54, 1.807) is 0 Å². The number of hydrogen-bond donors (Lipinski definition) is 3. The van der Waals surface area contributed by atoms with Crippen molar-refractivity contribution in [2.75, 3.05) is 6.54 Å². The Morgan fingerprint density at radius 2 is 1.95 bits per heavy atom. The first-order chi connectivity index (χ1) is 9.74. The highest BCUT2D eigenvalue weighted by Crippen LogP contribution is 2.37. The van der Waals surface area contributed by atoms with Gasteiger partial charge in [-0.25, -0.2) is 4.79 Å². The number of nitrogens with zero attached hydrogens (tertiary/aromatic N) is 1. The van der Waals surface area contributed by atoms with Crippen molar-refractivity contribution in [3.8, 4) is 11.5 Å². The summed E-state index contributed by atoms with van der Waals surface area (Å²) in [5.74, 6) is -2.09. The molecule has 1 aliphatic rings. The number of benzene rings is 1. The fourth-order valence-corrected chi connectivity index (χ4v) is 2.93. The minimum absolute atomic E-state index is 0.00301. The van der Waals surface area contributed by atoms with Crippen LogP contribution in [0.5, 0.6) is 11.5 Å². The maximum absolute atomic E-state index is 12.6. The maximum atomic E-state index is 12.6. The van der Waals surface area contributed by atoms with Crippen LogP contribution >= 0.6 is 0 Å². The summed E-state index contributed by atoms with van der Waals surface area (Å²) in [5, 5.41) is 28.5. The number of hydrogen-bond acceptors (Lipinski definition) is 4. The van der Waals surface area contributed by atoms with Gasteiger partial charge in [0.05, 0.1) is 5.56 Å². The first-order valence-corrected chi connectivity index (χ1v) is 6.80. The number of aromatic hydroxyl groups is 2. The van der Waals surface area contributed by atoms with E-state index in [1.807, 2.05) is 13.8 Å². The van der Waals surface area contributed by atoms with Gasteiger partial charge in [-0.2, -0.15) is 0 Å². The van der Waals surface area contributed by atoms with Crippen molar-refractivity contribution in [1.82, 2.24) is 4.90 Å². The summed E-state index contributed by atoms with van der Waals surface area (Å²) < 4.78 is 0. The molecule has 114 valence electrons. The Morgan fingerprint density at radius 3 is 2.52 bits per heavy atom. The van der Waals surface area contributed by atoms with E-state index >= 15 is 0 Å². The fourth-order valence-electron chi connectivity index (χ4n) is 2.93. The van der Waals surface area contributed by atoms with Crippen LogP contribution in [0.2, 0.25) is 0 Å². The molecule has 1 unspecified atom stereocenters. The lowest BCUT2D eigenvalue weighted by Gasteiger charge is -2.44. The Balaban J connectivity index is 2.38. The van der Waals surface area contributed by atoms with E-state index in [0.717, 1.165) is 12.5 Å². The molecule has 1 heterocycles. The molecule has 0 saturated carbocycles. The van der Waals surface area contributed by atoms with Gasteiger partial charge in [0.2, 0.25) is 0 Å². The third-order valence-electron chi connectivity index (χ3n) is 3.98. The van der Waals surface area contributed by atoms with Gasteiger partial charge < -0.3 is 20.2 Å². The molecule has 0 aliphatic carbocycles. The SMILES string of the molecule is CC1(C)CCCN(C(=O)c2ccc(O)cc2O)C1C(=O)O. The van der Waals surface area contributed by atoms with E-state index in [1.165, 1.54) is 17.0 Å². The van der Waals surface area contributed by atoms with Crippen LogP contribution in [0.3, 0.4) is 0 Å². The fraction of sp³-hybridized carbons (Fsp3) is 0.467. The molecule has 2 rings (SSSR count). The number of rotatable bonds is 2. The average Bonchev–Trinajstić information content (AvgIpc) is 2.36. The van der Waals surface area contributed by atoms with E-state index in [9.17, 15) is 24.9 Å². The van der Waals surface area contributed by atoms with Gasteiger partial charge in [0.25, 0.3) is 5.91 Å². The zero-order valence-corrected chi connectivity index (χ0v) is 12.0. The Kier molecular flexibility index (Phi) is 3.80. The number of carboxylic acids is 1. The predicted octanol–water partition coefficient (Wildman–Crippen LogP) is 1.81. The minimum atomic E-state index is -1.05. The van der Waals surface area contributed by atoms with Crippen LogP contribution in [0, 0.1) is 5.41 Å². The van der Waals surface area contributed by atoms with Crippen LogP contribution in [0.4, 0.5) is 0 Å². The van der Waals surface area contributed by atoms with Gasteiger partial charge in [0, 0.05) is 12.6 Å². The monoisotopic (exact) mass is 293 g/mol. The zero-order chi connectivity index (χ0) is 15.8. The summed E-state index contributed by atoms with van der Waals surface area (Å²) in [6.07, 6.45) is 1.43. The van der Waals surface area contributed by atoms with Gasteiger partial charge in [-0.3, -0.25) is 4.79 Å². The standard InChI is InChI=1S/C15H19NO5/c1-15(2)6-3-7-16(12(15)14(20)21)13(19)10-5-4-9(17)8-11(10)18/h4-5,8,12,17-18H,3,6-7H2,1-2H3,(H,20,21). The summed E-state index contributed by atoms with van der Waals surface area (Å²) in [5.41, 5.74) is -0.538. The Hall–Kier alpha value is -2.24. The topological polar surface area (TPSA) is 98.1 Å². The second kappa shape index (κ2) is 5.27. The van der Waals surface area contributed by atoms with Crippen LogP contribution in [0.25, 0.3) is 0 Å². The van der Waals surface area contributed by atoms with E-state index in [2.05, 4.69) is 0 Å². The van der Waals surface area contributed by atoms with Crippen LogP contribution in [-0.4, -0.2) is 44.7 Å². The molecule has 0 bridgehead atoms. The number of carbonyl (C=O) groups excluding carboxylic acids is 1. The molecule has 1 aromatic rings. The van der Waals surface area contributed by atoms with E-state index in [4.69, 9.17) is 0 Å². The van der Waals surface area contributed by atoms with Crippen molar-refractivity contribution in [2.24, 2.45) is 5.41 Å². The summed E-state index contributed by atoms with van der Waals surface area (Å²) in [7, 11) is 0. The average molecular weight is 293 g/mol. The van der Waals surface area contributed by atoms with Crippen molar-refractivity contribution in [2.45, 2.75) is 32.7 Å². The van der Waals surface area contributed by atoms with Crippen molar-refractivity contribution >= 4 is 11.9 Å². The number of likely N-dealkylation sites (tertiary alicyclic amines) is 1. The number of piperidine rings is 1. The summed E-state index contributed by atoms with van der Waals surface area (Å²) in [6, 6.07) is 2.72. The first kappa shape index (κ1) is 15.2. The number of carbonyl (C=O) groups is 2. The molecule has 0 aromatic heterocycles. The van der Waals surface area contributed by atoms with Crippen LogP contribution in [0.1, 0.15) is 37.0 Å². The van der Waals surface area contributed by atoms with Crippen LogP contribution in [0.15, 0.2) is 18.2 Å². The third kappa shape index (κ3) is 2.79. The van der Waals surface area contributed by atoms with Crippen molar-refractivity contribution in [1.29, 1.82) is 0 Å². The van der Waals surface area contributed by atoms with Crippen molar-refractivity contribution in [3.63, 3.8) is 0 Å². The van der Waals surface area contributed by atoms with Crippen LogP contribution in [-0.2, 0) is 4.79 Å². The molecule has 1 aliphatic heterocycles. The Morgan fingerprint density at radius 1 is 1.29 bits per heavy atom. The molecule has 6 heteroatoms. The zero-order valence-electron chi connectivity index (χ0n) is 12.0. The molecule has 1 fully saturated rings. The highest BCUT2D eigenvalue weighted by Gasteiger charge is 2.45. The van der Waals surface area contributed by atoms with Crippen molar-refractivity contribution in [3.05, 3.63) is 23.8 Å². The van der Waals surface area contributed by atoms with Gasteiger partial charge in [0.1, 0.15) is 17.5 Å². The van der Waals surface area contributed by atoms with Gasteiger partial charge in [0.15, 0.2) is 0 Å². The highest BCUT2D eigenvalue weighted by molar-refractivity contribution is 5.99. The van der Waals surface area contributed by atoms with E-state index in [-0.39, 0.29) is 17.1 Å². The van der Waals surface area contributed by atoms with Gasteiger partial charge in [-0.05, 0) is 30.4 Å². The minimum Gasteiger partial charge on any atom is -0.508 e. The lowest BCUT2D eigenvalue weighted by Crippen LogP contribution is -2.56. The smallest absolute Gasteiger partial charge is 0.326 e. The molecular weight excluding hydrogens is 274 g/mol. The van der Waals surface area contributed by atoms with Crippen molar-refractivity contribution < 1.29 is 24.9 Å². The molecule has 1 atom stereocenters. The third-order valence-corrected chi connectivity index (χ3v) is 3.98. The van der Waals surface area contributed by atoms with E-state index in [0.29, 0.717) is 13.0 Å². The predicted molar refractivity (Wildman–Crippen MR) is 75.2 cm³/mol. The molecule has 1 aromatic carbocycles. The number of phenolic OH excluding ortho intramolecular Hbond substituents is 2. The summed E-state index contributed by atoms with van der Waals surface area (Å²) >= 11 is 0. The lowest BCUT2D eigenvalue weighted by atomic mass is 9.76. The Bertz CT molecular complexity index is 581. The molecule has 0 spiro atoms. The second-order valence-corrected chi connectivity index (χ2v) is 6.03. The lowest BCUT2D eigenvalue weighted by molar-refractivity contribution is -0.148. The summed E-state index contributed by atoms with van der Waals surface area (Å²) in [6.45, 7) is 3.98. The molecule has 3 N–H and O–H groups in total. The Labute approximate surface area is 122 Å². The molecular formula is C15H19NO5. The maximum Gasteiger partial charge on any atom is 0.326 e. The molecule has 1 saturated heterocycles. The number of aliphatic carboxylic acids is 1. The van der Waals surface area contributed by atoms with Crippen LogP contribution < -0.4 is 0 Å². The first-order valence-electron chi connectivity index (χ1n) is 6.80. The normalized spacial score (nSPS) is 21.0. The van der Waals surface area contributed by atoms with Gasteiger partial charge in [-0.15, -0.1) is 0 Å². The molecule has 6 nitrogen and oxygen atoms in total. The highest BCUT2D eigenvalue weighted by atomic mass is 16.4. The second-order valence-electron chi connectivity index (χ2n) is 6.03. The van der Waals surface area contributed by atoms with Gasteiger partial charge in [-0.1, -0.05) is 13.8 Å². The number of phenols is 2. The van der Waals surface area contributed by atoms with E-state index < -0.39 is 23.3 Å².